The summed E-state index contributed by atoms with van der Waals surface area (Å²) in [5, 5.41) is 0. The first-order valence-electron chi connectivity index (χ1n) is 37.1. The lowest BCUT2D eigenvalue weighted by Gasteiger charge is -2.18. The molecular weight excluding hydrogens is 1020 g/mol. The van der Waals surface area contributed by atoms with Gasteiger partial charge in [-0.2, -0.15) is 0 Å². The van der Waals surface area contributed by atoms with Crippen molar-refractivity contribution in [3.05, 3.63) is 48.6 Å². The maximum Gasteiger partial charge on any atom is 0.306 e. The molecule has 0 amide bonds. The lowest BCUT2D eigenvalue weighted by atomic mass is 10.0. The Kier molecular flexibility index (Phi) is 69.6. The fourth-order valence-electron chi connectivity index (χ4n) is 11.3. The molecule has 0 aromatic heterocycles. The Labute approximate surface area is 518 Å². The molecule has 0 fully saturated rings. The van der Waals surface area contributed by atoms with Gasteiger partial charge in [0.1, 0.15) is 13.2 Å². The molecule has 6 nitrogen and oxygen atoms in total. The van der Waals surface area contributed by atoms with E-state index in [1.54, 1.807) is 0 Å². The highest BCUT2D eigenvalue weighted by Gasteiger charge is 2.19. The fraction of sp³-hybridized carbons (Fsp3) is 0.857. The van der Waals surface area contributed by atoms with Crippen LogP contribution in [0.1, 0.15) is 406 Å². The van der Waals surface area contributed by atoms with Crippen molar-refractivity contribution in [1.82, 2.24) is 0 Å². The Morgan fingerprint density at radius 3 is 0.759 bits per heavy atom. The number of unbranched alkanes of at least 4 members (excludes halogenated alkanes) is 50. The fourth-order valence-corrected chi connectivity index (χ4v) is 11.3. The van der Waals surface area contributed by atoms with Crippen LogP contribution in [0.4, 0.5) is 0 Å². The van der Waals surface area contributed by atoms with E-state index >= 15 is 0 Å². The largest absolute Gasteiger partial charge is 0.462 e. The van der Waals surface area contributed by atoms with Gasteiger partial charge in [-0.05, 0) is 77.0 Å². The first-order chi connectivity index (χ1) is 41.0. The number of carbonyl (C=O) groups is 3. The van der Waals surface area contributed by atoms with Gasteiger partial charge < -0.3 is 14.2 Å². The molecule has 0 bridgehead atoms. The average Bonchev–Trinajstić information content (AvgIpc) is 3.49. The predicted molar refractivity (Wildman–Crippen MR) is 362 cm³/mol. The molecule has 486 valence electrons. The van der Waals surface area contributed by atoms with Gasteiger partial charge in [-0.15, -0.1) is 0 Å². The van der Waals surface area contributed by atoms with Crippen molar-refractivity contribution in [2.24, 2.45) is 0 Å². The molecule has 0 heterocycles. The SMILES string of the molecule is CC/C=C\C/C=C\C/C=C\CCCCCC(=O)OCC(COC(=O)CCCCCCCCCCCCCCCCCCCCCCCCCCCCCCC)OC(=O)CCCCCCCCCCCCC/C=C\CCCCCCCCCC. The minimum absolute atomic E-state index is 0.0785. The summed E-state index contributed by atoms with van der Waals surface area (Å²) in [6.07, 6.45) is 91.7. The van der Waals surface area contributed by atoms with Crippen LogP contribution in [0.5, 0.6) is 0 Å². The molecule has 0 aliphatic rings. The quantitative estimate of drug-likeness (QED) is 0.0261. The zero-order chi connectivity index (χ0) is 59.9. The van der Waals surface area contributed by atoms with E-state index in [1.807, 2.05) is 0 Å². The van der Waals surface area contributed by atoms with Crippen LogP contribution in [0, 0.1) is 0 Å². The van der Waals surface area contributed by atoms with E-state index in [2.05, 4.69) is 69.4 Å². The summed E-state index contributed by atoms with van der Waals surface area (Å²) in [7, 11) is 0. The van der Waals surface area contributed by atoms with Crippen molar-refractivity contribution in [1.29, 1.82) is 0 Å². The Morgan fingerprint density at radius 2 is 0.470 bits per heavy atom. The number of hydrogen-bond donors (Lipinski definition) is 0. The Balaban J connectivity index is 4.19. The van der Waals surface area contributed by atoms with Gasteiger partial charge in [-0.1, -0.05) is 358 Å². The van der Waals surface area contributed by atoms with Crippen molar-refractivity contribution in [3.63, 3.8) is 0 Å². The van der Waals surface area contributed by atoms with Gasteiger partial charge in [0.25, 0.3) is 0 Å². The highest BCUT2D eigenvalue weighted by Crippen LogP contribution is 2.19. The zero-order valence-electron chi connectivity index (χ0n) is 56.0. The monoisotopic (exact) mass is 1160 g/mol. The number of esters is 3. The molecular formula is C77H142O6. The third-order valence-electron chi connectivity index (χ3n) is 16.8. The standard InChI is InChI=1S/C77H142O6/c1-4-7-10-13-16-19-22-25-27-29-31-33-35-36-37-38-39-40-42-43-45-47-49-52-55-58-61-64-67-70-76(79)82-73-74(72-81-75(78)69-66-63-60-57-54-51-24-21-18-15-12-9-6-3)83-77(80)71-68-65-62-59-56-53-50-48-46-44-41-34-32-30-28-26-23-20-17-14-11-8-5-2/h9,12,18,21,30,32,51,54,74H,4-8,10-11,13-17,19-20,22-29,31,33-50,52-53,55-73H2,1-3H3/b12-9-,21-18-,32-30-,54-51-. The van der Waals surface area contributed by atoms with Gasteiger partial charge in [0.2, 0.25) is 0 Å². The predicted octanol–water partition coefficient (Wildman–Crippen LogP) is 25.7. The van der Waals surface area contributed by atoms with Crippen molar-refractivity contribution in [3.8, 4) is 0 Å². The second-order valence-corrected chi connectivity index (χ2v) is 25.2. The average molecular weight is 1160 g/mol. The summed E-state index contributed by atoms with van der Waals surface area (Å²) in [5.41, 5.74) is 0. The highest BCUT2D eigenvalue weighted by molar-refractivity contribution is 5.71. The Morgan fingerprint density at radius 1 is 0.253 bits per heavy atom. The second-order valence-electron chi connectivity index (χ2n) is 25.2. The molecule has 0 aliphatic carbocycles. The molecule has 83 heavy (non-hydrogen) atoms. The second kappa shape index (κ2) is 71.8. The van der Waals surface area contributed by atoms with Crippen LogP contribution in [0.15, 0.2) is 48.6 Å². The van der Waals surface area contributed by atoms with E-state index in [0.29, 0.717) is 19.3 Å². The maximum absolute atomic E-state index is 13.0. The minimum Gasteiger partial charge on any atom is -0.462 e. The van der Waals surface area contributed by atoms with Crippen LogP contribution in [0.2, 0.25) is 0 Å². The molecule has 0 radical (unpaired) electrons. The lowest BCUT2D eigenvalue weighted by molar-refractivity contribution is -0.167. The van der Waals surface area contributed by atoms with Crippen LogP contribution < -0.4 is 0 Å². The van der Waals surface area contributed by atoms with E-state index in [9.17, 15) is 14.4 Å². The maximum atomic E-state index is 13.0. The number of ether oxygens (including phenoxy) is 3. The topological polar surface area (TPSA) is 78.9 Å². The lowest BCUT2D eigenvalue weighted by Crippen LogP contribution is -2.30. The number of rotatable bonds is 69. The number of allylic oxidation sites excluding steroid dienone is 8. The van der Waals surface area contributed by atoms with Gasteiger partial charge in [0.05, 0.1) is 0 Å². The van der Waals surface area contributed by atoms with Gasteiger partial charge in [-0.3, -0.25) is 14.4 Å². The minimum atomic E-state index is -0.785. The molecule has 0 saturated carbocycles. The smallest absolute Gasteiger partial charge is 0.306 e. The third kappa shape index (κ3) is 70.0. The summed E-state index contributed by atoms with van der Waals surface area (Å²) < 4.78 is 17.0. The Hall–Kier alpha value is -2.63. The van der Waals surface area contributed by atoms with Crippen molar-refractivity contribution in [2.45, 2.75) is 412 Å². The van der Waals surface area contributed by atoms with E-state index in [0.717, 1.165) is 83.5 Å². The van der Waals surface area contributed by atoms with E-state index < -0.39 is 6.10 Å². The zero-order valence-corrected chi connectivity index (χ0v) is 56.0. The van der Waals surface area contributed by atoms with Crippen LogP contribution >= 0.6 is 0 Å². The van der Waals surface area contributed by atoms with Crippen molar-refractivity contribution in [2.75, 3.05) is 13.2 Å². The van der Waals surface area contributed by atoms with Gasteiger partial charge in [0, 0.05) is 19.3 Å². The van der Waals surface area contributed by atoms with Crippen molar-refractivity contribution >= 4 is 17.9 Å². The summed E-state index contributed by atoms with van der Waals surface area (Å²) in [4.78, 5) is 38.4. The molecule has 0 aromatic carbocycles. The summed E-state index contributed by atoms with van der Waals surface area (Å²) in [6, 6.07) is 0. The van der Waals surface area contributed by atoms with E-state index in [-0.39, 0.29) is 31.1 Å². The molecule has 1 atom stereocenters. The van der Waals surface area contributed by atoms with Gasteiger partial charge in [0.15, 0.2) is 6.10 Å². The molecule has 0 saturated heterocycles. The van der Waals surface area contributed by atoms with Crippen LogP contribution in [0.3, 0.4) is 0 Å². The normalized spacial score (nSPS) is 12.3. The van der Waals surface area contributed by atoms with Gasteiger partial charge in [-0.25, -0.2) is 0 Å². The summed E-state index contributed by atoms with van der Waals surface area (Å²) in [5.74, 6) is -0.883. The van der Waals surface area contributed by atoms with Gasteiger partial charge >= 0.3 is 17.9 Å². The molecule has 0 rings (SSSR count). The van der Waals surface area contributed by atoms with Crippen LogP contribution in [-0.2, 0) is 28.6 Å². The molecule has 6 heteroatoms. The summed E-state index contributed by atoms with van der Waals surface area (Å²) in [6.45, 7) is 6.57. The number of hydrogen-bond acceptors (Lipinski definition) is 6. The first-order valence-corrected chi connectivity index (χ1v) is 37.1. The van der Waals surface area contributed by atoms with Crippen molar-refractivity contribution < 1.29 is 28.6 Å². The van der Waals surface area contributed by atoms with Crippen LogP contribution in [-0.4, -0.2) is 37.2 Å². The molecule has 1 unspecified atom stereocenters. The molecule has 0 N–H and O–H groups in total. The molecule has 0 spiro atoms. The first kappa shape index (κ1) is 80.4. The molecule has 0 aromatic rings. The third-order valence-corrected chi connectivity index (χ3v) is 16.8. The molecule has 0 aliphatic heterocycles. The summed E-state index contributed by atoms with van der Waals surface area (Å²) >= 11 is 0. The van der Waals surface area contributed by atoms with E-state index in [4.69, 9.17) is 14.2 Å². The Bertz CT molecular complexity index is 1430. The van der Waals surface area contributed by atoms with E-state index in [1.165, 1.54) is 283 Å². The van der Waals surface area contributed by atoms with Crippen LogP contribution in [0.25, 0.3) is 0 Å². The highest BCUT2D eigenvalue weighted by atomic mass is 16.6. The number of carbonyl (C=O) groups excluding carboxylic acids is 3.